The first-order valence-corrected chi connectivity index (χ1v) is 8.23. The maximum absolute atomic E-state index is 12.5. The molecule has 0 aliphatic carbocycles. The van der Waals surface area contributed by atoms with E-state index in [-0.39, 0.29) is 5.56 Å². The van der Waals surface area contributed by atoms with Crippen LogP contribution < -0.4 is 5.56 Å². The van der Waals surface area contributed by atoms with Gasteiger partial charge in [0.1, 0.15) is 0 Å². The molecule has 0 saturated carbocycles. The fourth-order valence-electron chi connectivity index (χ4n) is 2.88. The van der Waals surface area contributed by atoms with Crippen LogP contribution in [0.2, 0.25) is 5.02 Å². The Labute approximate surface area is 147 Å². The van der Waals surface area contributed by atoms with Crippen molar-refractivity contribution in [1.82, 2.24) is 29.4 Å². The Kier molecular flexibility index (Phi) is 3.65. The largest absolute Gasteiger partial charge is 0.296 e. The maximum Gasteiger partial charge on any atom is 0.276 e. The number of H-pyrrole nitrogens is 1. The second kappa shape index (κ2) is 5.86. The first-order chi connectivity index (χ1) is 12.1. The van der Waals surface area contributed by atoms with Crippen LogP contribution in [0.25, 0.3) is 22.6 Å². The number of hydrogen-bond donors (Lipinski definition) is 1. The third kappa shape index (κ3) is 2.53. The average molecular weight is 355 g/mol. The Bertz CT molecular complexity index is 1140. The Morgan fingerprint density at radius 1 is 1.36 bits per heavy atom. The summed E-state index contributed by atoms with van der Waals surface area (Å²) < 4.78 is 3.10. The highest BCUT2D eigenvalue weighted by atomic mass is 35.5. The van der Waals surface area contributed by atoms with Gasteiger partial charge in [0.25, 0.3) is 5.56 Å². The highest BCUT2D eigenvalue weighted by Crippen LogP contribution is 2.24. The minimum atomic E-state index is -0.0693. The van der Waals surface area contributed by atoms with E-state index in [2.05, 4.69) is 20.2 Å². The number of halogens is 1. The molecule has 0 aliphatic heterocycles. The van der Waals surface area contributed by atoms with Gasteiger partial charge in [-0.1, -0.05) is 18.5 Å². The Balaban J connectivity index is 1.85. The van der Waals surface area contributed by atoms with Crippen LogP contribution in [0.1, 0.15) is 18.2 Å². The minimum Gasteiger partial charge on any atom is -0.296 e. The molecule has 0 aromatic carbocycles. The van der Waals surface area contributed by atoms with E-state index in [1.54, 1.807) is 35.4 Å². The van der Waals surface area contributed by atoms with E-state index < -0.39 is 0 Å². The molecule has 4 rings (SSSR count). The molecule has 0 amide bonds. The van der Waals surface area contributed by atoms with Crippen molar-refractivity contribution in [2.45, 2.75) is 20.3 Å². The van der Waals surface area contributed by atoms with Gasteiger partial charge in [-0.25, -0.2) is 19.2 Å². The van der Waals surface area contributed by atoms with E-state index in [1.807, 2.05) is 20.0 Å². The standard InChI is InChI=1S/C17H15ClN6O/c1-3-13-10(2)22-16-14(8-21-24(16)17(13)25)11-7-20-23(9-11)15-6-12(18)4-5-19-15/h4-9,21H,3H2,1-2H3. The second-order valence-corrected chi connectivity index (χ2v) is 6.12. The minimum absolute atomic E-state index is 0.0693. The van der Waals surface area contributed by atoms with Crippen molar-refractivity contribution in [2.24, 2.45) is 0 Å². The van der Waals surface area contributed by atoms with Gasteiger partial charge in [-0.2, -0.15) is 5.10 Å². The molecule has 0 spiro atoms. The molecule has 7 nitrogen and oxygen atoms in total. The molecule has 0 saturated heterocycles. The average Bonchev–Trinajstić information content (AvgIpc) is 3.22. The predicted molar refractivity (Wildman–Crippen MR) is 95.3 cm³/mol. The lowest BCUT2D eigenvalue weighted by atomic mass is 10.1. The SMILES string of the molecule is CCc1c(C)nc2c(-c3cnn(-c4cc(Cl)ccn4)c3)c[nH]n2c1=O. The molecule has 0 fully saturated rings. The summed E-state index contributed by atoms with van der Waals surface area (Å²) in [6, 6.07) is 3.44. The maximum atomic E-state index is 12.5. The molecule has 0 unspecified atom stereocenters. The van der Waals surface area contributed by atoms with Crippen LogP contribution in [0.5, 0.6) is 0 Å². The van der Waals surface area contributed by atoms with E-state index in [4.69, 9.17) is 11.6 Å². The molecule has 0 bridgehead atoms. The first kappa shape index (κ1) is 15.6. The fourth-order valence-corrected chi connectivity index (χ4v) is 3.04. The molecule has 4 aromatic rings. The topological polar surface area (TPSA) is 80.9 Å². The van der Waals surface area contributed by atoms with E-state index in [0.717, 1.165) is 16.8 Å². The number of aromatic amines is 1. The van der Waals surface area contributed by atoms with Gasteiger partial charge < -0.3 is 0 Å². The molecular weight excluding hydrogens is 340 g/mol. The van der Waals surface area contributed by atoms with Crippen molar-refractivity contribution in [3.63, 3.8) is 0 Å². The third-order valence-electron chi connectivity index (χ3n) is 4.15. The van der Waals surface area contributed by atoms with Gasteiger partial charge in [-0.3, -0.25) is 9.89 Å². The van der Waals surface area contributed by atoms with Gasteiger partial charge in [0.05, 0.1) is 6.20 Å². The number of aromatic nitrogens is 6. The zero-order chi connectivity index (χ0) is 17.6. The van der Waals surface area contributed by atoms with Crippen LogP contribution in [-0.4, -0.2) is 29.4 Å². The van der Waals surface area contributed by atoms with Crippen molar-refractivity contribution in [3.05, 3.63) is 63.6 Å². The molecule has 1 N–H and O–H groups in total. The van der Waals surface area contributed by atoms with Crippen molar-refractivity contribution < 1.29 is 0 Å². The second-order valence-electron chi connectivity index (χ2n) is 5.69. The van der Waals surface area contributed by atoms with Crippen LogP contribution >= 0.6 is 11.6 Å². The molecule has 126 valence electrons. The zero-order valence-corrected chi connectivity index (χ0v) is 14.4. The van der Waals surface area contributed by atoms with E-state index in [1.165, 1.54) is 4.52 Å². The summed E-state index contributed by atoms with van der Waals surface area (Å²) in [6.45, 7) is 3.81. The van der Waals surface area contributed by atoms with E-state index >= 15 is 0 Å². The Morgan fingerprint density at radius 3 is 2.96 bits per heavy atom. The molecular formula is C17H15ClN6O. The Morgan fingerprint density at radius 2 is 2.20 bits per heavy atom. The zero-order valence-electron chi connectivity index (χ0n) is 13.7. The molecule has 25 heavy (non-hydrogen) atoms. The van der Waals surface area contributed by atoms with Gasteiger partial charge in [0, 0.05) is 52.1 Å². The normalized spacial score (nSPS) is 11.3. The lowest BCUT2D eigenvalue weighted by Gasteiger charge is -2.03. The first-order valence-electron chi connectivity index (χ1n) is 7.85. The number of fused-ring (bicyclic) bond motifs is 1. The highest BCUT2D eigenvalue weighted by molar-refractivity contribution is 6.30. The van der Waals surface area contributed by atoms with Crippen molar-refractivity contribution in [1.29, 1.82) is 0 Å². The van der Waals surface area contributed by atoms with Gasteiger partial charge in [-0.05, 0) is 19.4 Å². The lowest BCUT2D eigenvalue weighted by Crippen LogP contribution is -2.21. The number of rotatable bonds is 3. The molecule has 0 aliphatic rings. The van der Waals surface area contributed by atoms with Crippen molar-refractivity contribution in [3.8, 4) is 16.9 Å². The van der Waals surface area contributed by atoms with Crippen LogP contribution in [0.3, 0.4) is 0 Å². The Hall–Kier alpha value is -2.93. The van der Waals surface area contributed by atoms with E-state index in [0.29, 0.717) is 28.5 Å². The highest BCUT2D eigenvalue weighted by Gasteiger charge is 2.15. The summed E-state index contributed by atoms with van der Waals surface area (Å²) in [5.41, 5.74) is 3.60. The summed E-state index contributed by atoms with van der Waals surface area (Å²) in [6.07, 6.45) is 7.57. The predicted octanol–water partition coefficient (Wildman–Crippen LogP) is 2.79. The summed E-state index contributed by atoms with van der Waals surface area (Å²) in [4.78, 5) is 21.4. The smallest absolute Gasteiger partial charge is 0.276 e. The molecule has 0 atom stereocenters. The summed E-state index contributed by atoms with van der Waals surface area (Å²) >= 11 is 6.01. The van der Waals surface area contributed by atoms with Crippen LogP contribution in [-0.2, 0) is 6.42 Å². The molecule has 4 aromatic heterocycles. The number of nitrogens with one attached hydrogen (secondary N) is 1. The lowest BCUT2D eigenvalue weighted by molar-refractivity contribution is 0.847. The van der Waals surface area contributed by atoms with Gasteiger partial charge in [0.2, 0.25) is 0 Å². The van der Waals surface area contributed by atoms with Gasteiger partial charge >= 0.3 is 0 Å². The van der Waals surface area contributed by atoms with Crippen LogP contribution in [0.4, 0.5) is 0 Å². The van der Waals surface area contributed by atoms with E-state index in [9.17, 15) is 4.79 Å². The van der Waals surface area contributed by atoms with Crippen LogP contribution in [0, 0.1) is 6.92 Å². The summed E-state index contributed by atoms with van der Waals surface area (Å²) in [5.74, 6) is 0.619. The summed E-state index contributed by atoms with van der Waals surface area (Å²) in [7, 11) is 0. The molecule has 0 radical (unpaired) electrons. The number of nitrogens with zero attached hydrogens (tertiary/aromatic N) is 5. The number of aryl methyl sites for hydroxylation is 1. The monoisotopic (exact) mass is 354 g/mol. The quantitative estimate of drug-likeness (QED) is 0.613. The molecule has 8 heteroatoms. The fraction of sp³-hybridized carbons (Fsp3) is 0.176. The van der Waals surface area contributed by atoms with Crippen molar-refractivity contribution >= 4 is 17.2 Å². The summed E-state index contributed by atoms with van der Waals surface area (Å²) in [5, 5.41) is 7.91. The number of pyridine rings is 1. The van der Waals surface area contributed by atoms with Crippen molar-refractivity contribution in [2.75, 3.05) is 0 Å². The van der Waals surface area contributed by atoms with Crippen LogP contribution in [0.15, 0.2) is 41.7 Å². The number of hydrogen-bond acceptors (Lipinski definition) is 4. The van der Waals surface area contributed by atoms with Gasteiger partial charge in [-0.15, -0.1) is 0 Å². The molecule has 4 heterocycles. The van der Waals surface area contributed by atoms with Gasteiger partial charge in [0.15, 0.2) is 11.5 Å². The third-order valence-corrected chi connectivity index (χ3v) is 4.39.